The fourth-order valence-corrected chi connectivity index (χ4v) is 3.76. The lowest BCUT2D eigenvalue weighted by molar-refractivity contribution is 0.00534. The lowest BCUT2D eigenvalue weighted by atomic mass is 10.1. The fraction of sp³-hybridized carbons (Fsp3) is 0.440. The second-order valence-corrected chi connectivity index (χ2v) is 7.85. The second-order valence-electron chi connectivity index (χ2n) is 7.85. The average Bonchev–Trinajstić information content (AvgIpc) is 2.82. The van der Waals surface area contributed by atoms with Gasteiger partial charge in [-0.2, -0.15) is 5.26 Å². The van der Waals surface area contributed by atoms with Crippen molar-refractivity contribution in [2.75, 3.05) is 33.3 Å². The van der Waals surface area contributed by atoms with Gasteiger partial charge in [-0.3, -0.25) is 9.89 Å². The molecule has 3 rings (SSSR count). The van der Waals surface area contributed by atoms with Crippen molar-refractivity contribution in [2.45, 2.75) is 38.5 Å². The van der Waals surface area contributed by atoms with E-state index in [-0.39, 0.29) is 0 Å². The van der Waals surface area contributed by atoms with E-state index in [4.69, 9.17) is 10.00 Å². The van der Waals surface area contributed by atoms with E-state index >= 15 is 0 Å². The molecular formula is C25H33N5O. The normalized spacial score (nSPS) is 15.4. The molecular weight excluding hydrogens is 386 g/mol. The molecule has 0 unspecified atom stereocenters. The molecule has 2 N–H and O–H groups in total. The standard InChI is InChI=1S/C25H33N5O/c1-27-25(29-19-23-10-5-9-22(17-23)18-26)28-13-6-16-31-24-11-14-30(15-12-24)20-21-7-3-2-4-8-21/h2-5,7-10,17,24H,6,11-16,19-20H2,1H3,(H2,27,28,29). The van der Waals surface area contributed by atoms with Gasteiger partial charge in [0.1, 0.15) is 0 Å². The molecule has 2 aromatic rings. The SMILES string of the molecule is CN=C(NCCCOC1CCN(Cc2ccccc2)CC1)NCc1cccc(C#N)c1. The lowest BCUT2D eigenvalue weighted by Crippen LogP contribution is -2.38. The zero-order chi connectivity index (χ0) is 21.7. The van der Waals surface area contributed by atoms with Crippen molar-refractivity contribution in [2.24, 2.45) is 4.99 Å². The minimum atomic E-state index is 0.372. The highest BCUT2D eigenvalue weighted by Crippen LogP contribution is 2.16. The van der Waals surface area contributed by atoms with Gasteiger partial charge in [-0.25, -0.2) is 0 Å². The Labute approximate surface area is 185 Å². The number of nitrogens with zero attached hydrogens (tertiary/aromatic N) is 3. The van der Waals surface area contributed by atoms with E-state index in [9.17, 15) is 0 Å². The summed E-state index contributed by atoms with van der Waals surface area (Å²) >= 11 is 0. The molecule has 1 heterocycles. The molecule has 6 nitrogen and oxygen atoms in total. The molecule has 2 aromatic carbocycles. The summed E-state index contributed by atoms with van der Waals surface area (Å²) in [5, 5.41) is 15.6. The maximum atomic E-state index is 9.00. The summed E-state index contributed by atoms with van der Waals surface area (Å²) in [4.78, 5) is 6.77. The molecule has 0 aliphatic carbocycles. The number of hydrogen-bond acceptors (Lipinski definition) is 4. The average molecular weight is 420 g/mol. The largest absolute Gasteiger partial charge is 0.378 e. The molecule has 0 radical (unpaired) electrons. The van der Waals surface area contributed by atoms with Crippen molar-refractivity contribution in [1.82, 2.24) is 15.5 Å². The number of nitrogens with one attached hydrogen (secondary N) is 2. The highest BCUT2D eigenvalue weighted by Gasteiger charge is 2.19. The van der Waals surface area contributed by atoms with Gasteiger partial charge < -0.3 is 15.4 Å². The highest BCUT2D eigenvalue weighted by molar-refractivity contribution is 5.79. The van der Waals surface area contributed by atoms with Crippen LogP contribution >= 0.6 is 0 Å². The summed E-state index contributed by atoms with van der Waals surface area (Å²) < 4.78 is 6.09. The Kier molecular flexibility index (Phi) is 9.36. The first kappa shape index (κ1) is 22.8. The molecule has 0 atom stereocenters. The van der Waals surface area contributed by atoms with Crippen LogP contribution in [0.5, 0.6) is 0 Å². The van der Waals surface area contributed by atoms with E-state index in [1.807, 2.05) is 24.3 Å². The monoisotopic (exact) mass is 419 g/mol. The van der Waals surface area contributed by atoms with Gasteiger partial charge in [0.25, 0.3) is 0 Å². The van der Waals surface area contributed by atoms with E-state index in [2.05, 4.69) is 56.9 Å². The van der Waals surface area contributed by atoms with E-state index in [1.165, 1.54) is 5.56 Å². The summed E-state index contributed by atoms with van der Waals surface area (Å²) in [5.41, 5.74) is 3.11. The first-order valence-corrected chi connectivity index (χ1v) is 11.1. The van der Waals surface area contributed by atoms with Gasteiger partial charge >= 0.3 is 0 Å². The minimum Gasteiger partial charge on any atom is -0.378 e. The van der Waals surface area contributed by atoms with Crippen LogP contribution < -0.4 is 10.6 Å². The van der Waals surface area contributed by atoms with Crippen molar-refractivity contribution >= 4 is 5.96 Å². The molecule has 0 amide bonds. The van der Waals surface area contributed by atoms with Gasteiger partial charge in [0.05, 0.1) is 17.7 Å². The van der Waals surface area contributed by atoms with Crippen molar-refractivity contribution in [1.29, 1.82) is 5.26 Å². The fourth-order valence-electron chi connectivity index (χ4n) is 3.76. The Hall–Kier alpha value is -2.88. The van der Waals surface area contributed by atoms with Gasteiger partial charge in [-0.05, 0) is 42.5 Å². The highest BCUT2D eigenvalue weighted by atomic mass is 16.5. The molecule has 1 saturated heterocycles. The number of guanidine groups is 1. The summed E-state index contributed by atoms with van der Waals surface area (Å²) in [6.45, 7) is 5.43. The number of aliphatic imine (C=N–C) groups is 1. The predicted molar refractivity (Wildman–Crippen MR) is 125 cm³/mol. The second kappa shape index (κ2) is 12.7. The topological polar surface area (TPSA) is 72.7 Å². The van der Waals surface area contributed by atoms with Crippen molar-refractivity contribution in [3.8, 4) is 6.07 Å². The third-order valence-electron chi connectivity index (χ3n) is 5.49. The van der Waals surface area contributed by atoms with Crippen LogP contribution in [-0.2, 0) is 17.8 Å². The molecule has 0 aromatic heterocycles. The van der Waals surface area contributed by atoms with Gasteiger partial charge in [-0.1, -0.05) is 42.5 Å². The van der Waals surface area contributed by atoms with E-state index in [0.717, 1.165) is 63.6 Å². The zero-order valence-electron chi connectivity index (χ0n) is 18.4. The van der Waals surface area contributed by atoms with Crippen LogP contribution in [0.4, 0.5) is 0 Å². The van der Waals surface area contributed by atoms with Crippen molar-refractivity contribution in [3.63, 3.8) is 0 Å². The van der Waals surface area contributed by atoms with Gasteiger partial charge in [0.2, 0.25) is 0 Å². The third-order valence-corrected chi connectivity index (χ3v) is 5.49. The van der Waals surface area contributed by atoms with Crippen molar-refractivity contribution in [3.05, 3.63) is 71.3 Å². The smallest absolute Gasteiger partial charge is 0.191 e. The number of ether oxygens (including phenoxy) is 1. The maximum Gasteiger partial charge on any atom is 0.191 e. The molecule has 6 heteroatoms. The predicted octanol–water partition coefficient (Wildman–Crippen LogP) is 3.29. The number of piperidine rings is 1. The van der Waals surface area contributed by atoms with Crippen LogP contribution in [0.3, 0.4) is 0 Å². The Bertz CT molecular complexity index is 854. The molecule has 0 spiro atoms. The number of likely N-dealkylation sites (tertiary alicyclic amines) is 1. The van der Waals surface area contributed by atoms with Crippen LogP contribution in [0.1, 0.15) is 36.0 Å². The third kappa shape index (κ3) is 8.05. The lowest BCUT2D eigenvalue weighted by Gasteiger charge is -2.32. The van der Waals surface area contributed by atoms with Crippen LogP contribution in [-0.4, -0.2) is 50.3 Å². The van der Waals surface area contributed by atoms with Gasteiger partial charge in [0, 0.05) is 46.4 Å². The zero-order valence-corrected chi connectivity index (χ0v) is 18.4. The number of nitriles is 1. The Morgan fingerprint density at radius 1 is 1.10 bits per heavy atom. The van der Waals surface area contributed by atoms with Crippen LogP contribution in [0.15, 0.2) is 59.6 Å². The van der Waals surface area contributed by atoms with E-state index in [0.29, 0.717) is 18.2 Å². The minimum absolute atomic E-state index is 0.372. The molecule has 1 aliphatic heterocycles. The molecule has 1 fully saturated rings. The summed E-state index contributed by atoms with van der Waals surface area (Å²) in [5.74, 6) is 0.761. The first-order chi connectivity index (χ1) is 15.3. The molecule has 164 valence electrons. The Balaban J connectivity index is 1.25. The summed E-state index contributed by atoms with van der Waals surface area (Å²) in [7, 11) is 1.76. The number of rotatable bonds is 9. The Morgan fingerprint density at radius 2 is 1.87 bits per heavy atom. The number of benzene rings is 2. The quantitative estimate of drug-likeness (QED) is 0.371. The van der Waals surface area contributed by atoms with E-state index < -0.39 is 0 Å². The van der Waals surface area contributed by atoms with Gasteiger partial charge in [0.15, 0.2) is 5.96 Å². The van der Waals surface area contributed by atoms with Crippen molar-refractivity contribution < 1.29 is 4.74 Å². The first-order valence-electron chi connectivity index (χ1n) is 11.1. The number of hydrogen-bond donors (Lipinski definition) is 2. The molecule has 31 heavy (non-hydrogen) atoms. The summed E-state index contributed by atoms with van der Waals surface area (Å²) in [6.07, 6.45) is 3.52. The van der Waals surface area contributed by atoms with Crippen LogP contribution in [0, 0.1) is 11.3 Å². The molecule has 0 bridgehead atoms. The molecule has 0 saturated carbocycles. The van der Waals surface area contributed by atoms with Crippen LogP contribution in [0.2, 0.25) is 0 Å². The Morgan fingerprint density at radius 3 is 2.61 bits per heavy atom. The summed E-state index contributed by atoms with van der Waals surface area (Å²) in [6, 6.07) is 20.4. The van der Waals surface area contributed by atoms with Gasteiger partial charge in [-0.15, -0.1) is 0 Å². The maximum absolute atomic E-state index is 9.00. The van der Waals surface area contributed by atoms with E-state index in [1.54, 1.807) is 7.05 Å². The molecule has 1 aliphatic rings. The van der Waals surface area contributed by atoms with Crippen LogP contribution in [0.25, 0.3) is 0 Å².